The third-order valence-corrected chi connectivity index (χ3v) is 2.90. The molecule has 0 amide bonds. The van der Waals surface area contributed by atoms with E-state index in [4.69, 9.17) is 4.42 Å². The summed E-state index contributed by atoms with van der Waals surface area (Å²) in [5, 5.41) is 11.2. The van der Waals surface area contributed by atoms with Crippen LogP contribution in [-0.2, 0) is 0 Å². The van der Waals surface area contributed by atoms with Gasteiger partial charge in [0.25, 0.3) is 0 Å². The molecule has 0 atom stereocenters. The van der Waals surface area contributed by atoms with Gasteiger partial charge in [0.2, 0.25) is 5.43 Å². The molecule has 18 heavy (non-hydrogen) atoms. The standard InChI is InChI=1S/C14H8O4/c15-6-9-7-18-12-4-2-8-1-3-10(16)5-11(8)13(12)14(9)17/h1-7,16H. The number of phenols is 1. The van der Waals surface area contributed by atoms with Gasteiger partial charge in [-0.05, 0) is 23.6 Å². The van der Waals surface area contributed by atoms with Gasteiger partial charge < -0.3 is 9.52 Å². The number of benzene rings is 2. The molecule has 0 unspecified atom stereocenters. The van der Waals surface area contributed by atoms with Gasteiger partial charge in [0.05, 0.1) is 10.9 Å². The van der Waals surface area contributed by atoms with E-state index in [0.717, 1.165) is 11.6 Å². The lowest BCUT2D eigenvalue weighted by molar-refractivity contribution is 0.112. The molecule has 0 spiro atoms. The van der Waals surface area contributed by atoms with Crippen LogP contribution in [0.2, 0.25) is 0 Å². The topological polar surface area (TPSA) is 67.5 Å². The molecule has 0 fully saturated rings. The number of fused-ring (bicyclic) bond motifs is 3. The van der Waals surface area contributed by atoms with Crippen molar-refractivity contribution in [2.45, 2.75) is 0 Å². The number of carbonyl (C=O) groups is 1. The fourth-order valence-corrected chi connectivity index (χ4v) is 2.03. The monoisotopic (exact) mass is 240 g/mol. The SMILES string of the molecule is O=Cc1coc2ccc3ccc(O)cc3c2c1=O. The van der Waals surface area contributed by atoms with Crippen molar-refractivity contribution < 1.29 is 14.3 Å². The molecule has 0 saturated carbocycles. The Balaban J connectivity index is 2.63. The molecule has 4 nitrogen and oxygen atoms in total. The van der Waals surface area contributed by atoms with Crippen LogP contribution in [0.3, 0.4) is 0 Å². The van der Waals surface area contributed by atoms with Gasteiger partial charge in [-0.25, -0.2) is 0 Å². The lowest BCUT2D eigenvalue weighted by atomic mass is 10.0. The number of phenolic OH excluding ortho intramolecular Hbond substituents is 1. The van der Waals surface area contributed by atoms with Gasteiger partial charge in [0.1, 0.15) is 17.6 Å². The highest BCUT2D eigenvalue weighted by Gasteiger charge is 2.10. The van der Waals surface area contributed by atoms with Crippen LogP contribution in [0.5, 0.6) is 5.75 Å². The van der Waals surface area contributed by atoms with E-state index in [2.05, 4.69) is 0 Å². The molecule has 4 heteroatoms. The largest absolute Gasteiger partial charge is 0.508 e. The van der Waals surface area contributed by atoms with Crippen LogP contribution in [0.15, 0.2) is 45.8 Å². The number of rotatable bonds is 1. The average molecular weight is 240 g/mol. The van der Waals surface area contributed by atoms with Gasteiger partial charge >= 0.3 is 0 Å². The molecule has 0 aliphatic rings. The van der Waals surface area contributed by atoms with Gasteiger partial charge in [-0.1, -0.05) is 12.1 Å². The van der Waals surface area contributed by atoms with Crippen molar-refractivity contribution in [3.63, 3.8) is 0 Å². The summed E-state index contributed by atoms with van der Waals surface area (Å²) in [6.45, 7) is 0. The molecule has 1 aromatic heterocycles. The van der Waals surface area contributed by atoms with Crippen LogP contribution in [-0.4, -0.2) is 11.4 Å². The first-order valence-electron chi connectivity index (χ1n) is 5.33. The smallest absolute Gasteiger partial charge is 0.203 e. The first kappa shape index (κ1) is 10.5. The quantitative estimate of drug-likeness (QED) is 0.524. The zero-order valence-corrected chi connectivity index (χ0v) is 9.21. The highest BCUT2D eigenvalue weighted by Crippen LogP contribution is 2.26. The number of carbonyl (C=O) groups excluding carboxylic acids is 1. The van der Waals surface area contributed by atoms with Crippen molar-refractivity contribution in [2.75, 3.05) is 0 Å². The molecule has 3 aromatic rings. The Bertz CT molecular complexity index is 830. The Labute approximate surface area is 101 Å². The fraction of sp³-hybridized carbons (Fsp3) is 0. The van der Waals surface area contributed by atoms with Crippen LogP contribution in [0.1, 0.15) is 10.4 Å². The molecule has 88 valence electrons. The Kier molecular flexibility index (Phi) is 2.16. The van der Waals surface area contributed by atoms with E-state index >= 15 is 0 Å². The van der Waals surface area contributed by atoms with E-state index < -0.39 is 0 Å². The molecule has 2 aromatic carbocycles. The Hall–Kier alpha value is -2.62. The third-order valence-electron chi connectivity index (χ3n) is 2.90. The minimum absolute atomic E-state index is 0.0293. The molecular formula is C14H8O4. The summed E-state index contributed by atoms with van der Waals surface area (Å²) in [7, 11) is 0. The molecule has 0 radical (unpaired) electrons. The molecule has 1 N–H and O–H groups in total. The van der Waals surface area contributed by atoms with Crippen LogP contribution >= 0.6 is 0 Å². The normalized spacial score (nSPS) is 10.9. The minimum atomic E-state index is -0.387. The van der Waals surface area contributed by atoms with E-state index in [9.17, 15) is 14.7 Å². The van der Waals surface area contributed by atoms with Crippen LogP contribution in [0, 0.1) is 0 Å². The summed E-state index contributed by atoms with van der Waals surface area (Å²) in [5.74, 6) is 0.0610. The maximum absolute atomic E-state index is 12.1. The molecule has 3 rings (SSSR count). The van der Waals surface area contributed by atoms with E-state index in [1.54, 1.807) is 24.3 Å². The van der Waals surface area contributed by atoms with Gasteiger partial charge in [-0.3, -0.25) is 9.59 Å². The van der Waals surface area contributed by atoms with Gasteiger partial charge in [-0.15, -0.1) is 0 Å². The summed E-state index contributed by atoms with van der Waals surface area (Å²) < 4.78 is 5.25. The lowest BCUT2D eigenvalue weighted by Gasteiger charge is -2.03. The third kappa shape index (κ3) is 1.39. The lowest BCUT2D eigenvalue weighted by Crippen LogP contribution is -2.07. The van der Waals surface area contributed by atoms with Crippen molar-refractivity contribution in [3.05, 3.63) is 52.4 Å². The predicted molar refractivity (Wildman–Crippen MR) is 67.0 cm³/mol. The van der Waals surface area contributed by atoms with Crippen molar-refractivity contribution in [1.29, 1.82) is 0 Å². The summed E-state index contributed by atoms with van der Waals surface area (Å²) in [6.07, 6.45) is 1.61. The van der Waals surface area contributed by atoms with Crippen LogP contribution < -0.4 is 5.43 Å². The summed E-state index contributed by atoms with van der Waals surface area (Å²) in [5.41, 5.74) is -0.0236. The first-order chi connectivity index (χ1) is 8.70. The Morgan fingerprint density at radius 2 is 1.94 bits per heavy atom. The van der Waals surface area contributed by atoms with Crippen molar-refractivity contribution >= 4 is 28.0 Å². The van der Waals surface area contributed by atoms with Crippen molar-refractivity contribution in [2.24, 2.45) is 0 Å². The number of aromatic hydroxyl groups is 1. The average Bonchev–Trinajstić information content (AvgIpc) is 2.38. The van der Waals surface area contributed by atoms with Crippen LogP contribution in [0.4, 0.5) is 0 Å². The van der Waals surface area contributed by atoms with E-state index in [1.165, 1.54) is 6.07 Å². The Morgan fingerprint density at radius 1 is 1.17 bits per heavy atom. The van der Waals surface area contributed by atoms with Crippen LogP contribution in [0.25, 0.3) is 21.7 Å². The number of aldehydes is 1. The van der Waals surface area contributed by atoms with Gasteiger partial charge in [0, 0.05) is 5.39 Å². The molecule has 0 saturated heterocycles. The molecule has 0 aliphatic heterocycles. The highest BCUT2D eigenvalue weighted by atomic mass is 16.3. The molecular weight excluding hydrogens is 232 g/mol. The van der Waals surface area contributed by atoms with E-state index in [0.29, 0.717) is 22.6 Å². The van der Waals surface area contributed by atoms with Crippen molar-refractivity contribution in [3.8, 4) is 5.75 Å². The molecule has 0 bridgehead atoms. The number of hydrogen-bond acceptors (Lipinski definition) is 4. The maximum Gasteiger partial charge on any atom is 0.203 e. The van der Waals surface area contributed by atoms with Crippen molar-refractivity contribution in [1.82, 2.24) is 0 Å². The zero-order valence-electron chi connectivity index (χ0n) is 9.21. The van der Waals surface area contributed by atoms with Gasteiger partial charge in [-0.2, -0.15) is 0 Å². The fourth-order valence-electron chi connectivity index (χ4n) is 2.03. The first-order valence-corrected chi connectivity index (χ1v) is 5.33. The number of hydrogen-bond donors (Lipinski definition) is 1. The second-order valence-corrected chi connectivity index (χ2v) is 3.98. The van der Waals surface area contributed by atoms with Gasteiger partial charge in [0.15, 0.2) is 6.29 Å². The van der Waals surface area contributed by atoms with E-state index in [-0.39, 0.29) is 16.7 Å². The second-order valence-electron chi connectivity index (χ2n) is 3.98. The predicted octanol–water partition coefficient (Wildman–Crippen LogP) is 2.46. The maximum atomic E-state index is 12.1. The summed E-state index contributed by atoms with van der Waals surface area (Å²) in [4.78, 5) is 22.9. The zero-order chi connectivity index (χ0) is 12.7. The molecule has 0 aliphatic carbocycles. The molecule has 1 heterocycles. The van der Waals surface area contributed by atoms with E-state index in [1.807, 2.05) is 0 Å². The Morgan fingerprint density at radius 3 is 2.72 bits per heavy atom. The second kappa shape index (κ2) is 3.70. The highest BCUT2D eigenvalue weighted by molar-refractivity contribution is 6.06. The summed E-state index contributed by atoms with van der Waals surface area (Å²) >= 11 is 0. The minimum Gasteiger partial charge on any atom is -0.508 e. The summed E-state index contributed by atoms with van der Waals surface area (Å²) in [6, 6.07) is 8.20.